The quantitative estimate of drug-likeness (QED) is 0.870. The predicted molar refractivity (Wildman–Crippen MR) is 66.7 cm³/mol. The molecule has 1 aliphatic rings. The van der Waals surface area contributed by atoms with Crippen molar-refractivity contribution in [3.8, 4) is 0 Å². The topological polar surface area (TPSA) is 53.9 Å². The lowest BCUT2D eigenvalue weighted by atomic mass is 10.2. The fraction of sp³-hybridized carbons (Fsp3) is 0.182. The summed E-state index contributed by atoms with van der Waals surface area (Å²) in [5.74, 6) is 0.806. The molecular formula is C11H9BrN4. The van der Waals surface area contributed by atoms with Gasteiger partial charge in [-0.25, -0.2) is 4.98 Å². The predicted octanol–water partition coefficient (Wildman–Crippen LogP) is 2.47. The molecule has 0 amide bonds. The third-order valence-corrected chi connectivity index (χ3v) is 3.05. The number of rotatable bonds is 1. The van der Waals surface area contributed by atoms with E-state index >= 15 is 0 Å². The Kier molecular flexibility index (Phi) is 2.14. The number of nitrogens with zero attached hydrogens (tertiary/aromatic N) is 3. The summed E-state index contributed by atoms with van der Waals surface area (Å²) < 4.78 is 0.895. The second-order valence-electron chi connectivity index (χ2n) is 3.80. The lowest BCUT2D eigenvalue weighted by Gasteiger charge is -1.88. The Hall–Kier alpha value is -1.49. The first-order chi connectivity index (χ1) is 7.74. The molecule has 0 aromatic carbocycles. The van der Waals surface area contributed by atoms with Crippen LogP contribution in [0.1, 0.15) is 12.7 Å². The number of hydrogen-bond acceptors (Lipinski definition) is 3. The van der Waals surface area contributed by atoms with E-state index in [1.54, 1.807) is 12.4 Å². The van der Waals surface area contributed by atoms with E-state index < -0.39 is 0 Å². The van der Waals surface area contributed by atoms with Crippen molar-refractivity contribution in [3.63, 3.8) is 0 Å². The van der Waals surface area contributed by atoms with E-state index in [0.29, 0.717) is 0 Å². The number of hydrogen-bond donors (Lipinski definition) is 1. The number of aromatic nitrogens is 3. The molecule has 0 bridgehead atoms. The maximum absolute atomic E-state index is 4.51. The molecule has 0 fully saturated rings. The van der Waals surface area contributed by atoms with Crippen LogP contribution in [-0.4, -0.2) is 27.2 Å². The number of aliphatic imine (C=N–C) groups is 1. The average Bonchev–Trinajstić information content (AvgIpc) is 2.84. The van der Waals surface area contributed by atoms with Crippen LogP contribution in [0, 0.1) is 0 Å². The summed E-state index contributed by atoms with van der Waals surface area (Å²) in [6.45, 7) is 2.84. The molecule has 3 heterocycles. The number of allylic oxidation sites excluding steroid dienone is 1. The molecule has 1 aliphatic heterocycles. The molecule has 0 radical (unpaired) electrons. The SMILES string of the molecule is CC1=CC(c2nc3c(Br)cncc3[nH]2)=NC1. The molecule has 0 saturated heterocycles. The van der Waals surface area contributed by atoms with Gasteiger partial charge in [0.05, 0.1) is 22.7 Å². The summed E-state index contributed by atoms with van der Waals surface area (Å²) in [6, 6.07) is 0. The van der Waals surface area contributed by atoms with E-state index in [9.17, 15) is 0 Å². The van der Waals surface area contributed by atoms with Gasteiger partial charge in [0, 0.05) is 6.20 Å². The zero-order valence-electron chi connectivity index (χ0n) is 8.66. The lowest BCUT2D eigenvalue weighted by Crippen LogP contribution is -1.96. The van der Waals surface area contributed by atoms with E-state index in [-0.39, 0.29) is 0 Å². The molecule has 0 spiro atoms. The number of nitrogens with one attached hydrogen (secondary N) is 1. The fourth-order valence-electron chi connectivity index (χ4n) is 1.70. The van der Waals surface area contributed by atoms with Crippen LogP contribution in [0.3, 0.4) is 0 Å². The molecule has 80 valence electrons. The first-order valence-corrected chi connectivity index (χ1v) is 5.74. The van der Waals surface area contributed by atoms with Crippen molar-refractivity contribution in [3.05, 3.63) is 34.3 Å². The average molecular weight is 277 g/mol. The zero-order chi connectivity index (χ0) is 11.1. The molecule has 1 N–H and O–H groups in total. The highest BCUT2D eigenvalue weighted by molar-refractivity contribution is 9.10. The first kappa shape index (κ1) is 9.72. The Morgan fingerprint density at radius 2 is 2.25 bits per heavy atom. The monoisotopic (exact) mass is 276 g/mol. The van der Waals surface area contributed by atoms with Crippen LogP contribution in [0.25, 0.3) is 11.0 Å². The maximum atomic E-state index is 4.51. The van der Waals surface area contributed by atoms with Gasteiger partial charge in [0.25, 0.3) is 0 Å². The van der Waals surface area contributed by atoms with Gasteiger partial charge in [0.1, 0.15) is 11.2 Å². The summed E-state index contributed by atoms with van der Waals surface area (Å²) in [6.07, 6.45) is 5.56. The van der Waals surface area contributed by atoms with Gasteiger partial charge in [0.2, 0.25) is 0 Å². The van der Waals surface area contributed by atoms with Gasteiger partial charge in [-0.15, -0.1) is 0 Å². The summed E-state index contributed by atoms with van der Waals surface area (Å²) in [5.41, 5.74) is 3.99. The molecule has 5 heteroatoms. The second kappa shape index (κ2) is 3.52. The Morgan fingerprint density at radius 3 is 2.94 bits per heavy atom. The van der Waals surface area contributed by atoms with E-state index in [1.807, 2.05) is 0 Å². The van der Waals surface area contributed by atoms with Crippen molar-refractivity contribution in [2.45, 2.75) is 6.92 Å². The summed E-state index contributed by atoms with van der Waals surface area (Å²) in [4.78, 5) is 16.2. The molecule has 0 saturated carbocycles. The molecular weight excluding hydrogens is 268 g/mol. The van der Waals surface area contributed by atoms with Gasteiger partial charge in [-0.3, -0.25) is 9.98 Å². The first-order valence-electron chi connectivity index (χ1n) is 4.95. The van der Waals surface area contributed by atoms with Crippen molar-refractivity contribution < 1.29 is 0 Å². The van der Waals surface area contributed by atoms with E-state index in [2.05, 4.69) is 48.9 Å². The lowest BCUT2D eigenvalue weighted by molar-refractivity contribution is 1.17. The van der Waals surface area contributed by atoms with Gasteiger partial charge >= 0.3 is 0 Å². The van der Waals surface area contributed by atoms with E-state index in [0.717, 1.165) is 33.6 Å². The van der Waals surface area contributed by atoms with E-state index in [1.165, 1.54) is 5.57 Å². The van der Waals surface area contributed by atoms with Gasteiger partial charge in [-0.1, -0.05) is 0 Å². The second-order valence-corrected chi connectivity index (χ2v) is 4.65. The maximum Gasteiger partial charge on any atom is 0.156 e. The molecule has 16 heavy (non-hydrogen) atoms. The normalized spacial score (nSPS) is 15.4. The van der Waals surface area contributed by atoms with Gasteiger partial charge in [0.15, 0.2) is 5.82 Å². The minimum absolute atomic E-state index is 0.770. The molecule has 2 aromatic heterocycles. The fourth-order valence-corrected chi connectivity index (χ4v) is 2.12. The number of aromatic amines is 1. The Morgan fingerprint density at radius 1 is 1.38 bits per heavy atom. The smallest absolute Gasteiger partial charge is 0.156 e. The number of fused-ring (bicyclic) bond motifs is 1. The van der Waals surface area contributed by atoms with Crippen LogP contribution in [-0.2, 0) is 0 Å². The summed E-state index contributed by atoms with van der Waals surface area (Å²) in [5, 5.41) is 0. The van der Waals surface area contributed by atoms with Crippen LogP contribution in [0.2, 0.25) is 0 Å². The zero-order valence-corrected chi connectivity index (χ0v) is 10.2. The third-order valence-electron chi connectivity index (χ3n) is 2.47. The number of halogens is 1. The van der Waals surface area contributed by atoms with Crippen molar-refractivity contribution in [2.24, 2.45) is 4.99 Å². The largest absolute Gasteiger partial charge is 0.335 e. The Balaban J connectivity index is 2.16. The highest BCUT2D eigenvalue weighted by atomic mass is 79.9. The van der Waals surface area contributed by atoms with Crippen molar-refractivity contribution in [2.75, 3.05) is 6.54 Å². The minimum Gasteiger partial charge on any atom is -0.335 e. The molecule has 0 aliphatic carbocycles. The van der Waals surface area contributed by atoms with Crippen molar-refractivity contribution in [1.82, 2.24) is 15.0 Å². The van der Waals surface area contributed by atoms with E-state index in [4.69, 9.17) is 0 Å². The van der Waals surface area contributed by atoms with Crippen LogP contribution in [0.4, 0.5) is 0 Å². The molecule has 0 atom stereocenters. The number of pyridine rings is 1. The summed E-state index contributed by atoms with van der Waals surface area (Å²) >= 11 is 3.43. The van der Waals surface area contributed by atoms with Crippen LogP contribution >= 0.6 is 15.9 Å². The standard InChI is InChI=1S/C11H9BrN4/c1-6-2-8(14-3-6)11-15-9-5-13-4-7(12)10(9)16-11/h2,4-5H,3H2,1H3,(H,15,16). The molecule has 4 nitrogen and oxygen atoms in total. The van der Waals surface area contributed by atoms with Crippen molar-refractivity contribution in [1.29, 1.82) is 0 Å². The van der Waals surface area contributed by atoms with Crippen LogP contribution in [0.15, 0.2) is 33.5 Å². The minimum atomic E-state index is 0.770. The molecule has 0 unspecified atom stereocenters. The van der Waals surface area contributed by atoms with Gasteiger partial charge in [-0.2, -0.15) is 0 Å². The van der Waals surface area contributed by atoms with Crippen LogP contribution < -0.4 is 0 Å². The number of imidazole rings is 1. The van der Waals surface area contributed by atoms with Crippen molar-refractivity contribution >= 4 is 32.7 Å². The highest BCUT2D eigenvalue weighted by Crippen LogP contribution is 2.21. The Labute approximate surface area is 101 Å². The number of H-pyrrole nitrogens is 1. The van der Waals surface area contributed by atoms with Gasteiger partial charge in [-0.05, 0) is 34.5 Å². The summed E-state index contributed by atoms with van der Waals surface area (Å²) in [7, 11) is 0. The molecule has 3 rings (SSSR count). The van der Waals surface area contributed by atoms with Crippen LogP contribution in [0.5, 0.6) is 0 Å². The third kappa shape index (κ3) is 1.48. The van der Waals surface area contributed by atoms with Gasteiger partial charge < -0.3 is 4.98 Å². The highest BCUT2D eigenvalue weighted by Gasteiger charge is 2.12. The molecule has 2 aromatic rings. The Bertz CT molecular complexity index is 624.